The summed E-state index contributed by atoms with van der Waals surface area (Å²) < 4.78 is 11.4. The van der Waals surface area contributed by atoms with Crippen LogP contribution in [0.2, 0.25) is 0 Å². The zero-order chi connectivity index (χ0) is 19.5. The van der Waals surface area contributed by atoms with Gasteiger partial charge in [-0.2, -0.15) is 0 Å². The van der Waals surface area contributed by atoms with Gasteiger partial charge < -0.3 is 14.5 Å². The summed E-state index contributed by atoms with van der Waals surface area (Å²) in [6.45, 7) is 4.61. The molecule has 1 N–H and O–H groups in total. The third-order valence-electron chi connectivity index (χ3n) is 4.78. The summed E-state index contributed by atoms with van der Waals surface area (Å²) in [7, 11) is 0. The van der Waals surface area contributed by atoms with Gasteiger partial charge in [0.1, 0.15) is 12.4 Å². The van der Waals surface area contributed by atoms with Crippen LogP contribution in [-0.2, 0) is 17.8 Å². The van der Waals surface area contributed by atoms with Crippen molar-refractivity contribution in [2.24, 2.45) is 0 Å². The van der Waals surface area contributed by atoms with Crippen LogP contribution in [0.4, 0.5) is 0 Å². The molecule has 142 valence electrons. The molecule has 0 fully saturated rings. The molecular formula is C23H22N2O3. The maximum absolute atomic E-state index is 12.4. The third kappa shape index (κ3) is 3.20. The largest absolute Gasteiger partial charge is 0.488 e. The monoisotopic (exact) mass is 374 g/mol. The molecule has 4 rings (SSSR count). The summed E-state index contributed by atoms with van der Waals surface area (Å²) in [5.41, 5.74) is 4.19. The molecule has 0 unspecified atom stereocenters. The van der Waals surface area contributed by atoms with Crippen LogP contribution in [-0.4, -0.2) is 22.5 Å². The number of benzene rings is 2. The molecule has 4 aromatic rings. The summed E-state index contributed by atoms with van der Waals surface area (Å²) in [6.07, 6.45) is 2.36. The van der Waals surface area contributed by atoms with Gasteiger partial charge in [-0.3, -0.25) is 0 Å². The van der Waals surface area contributed by atoms with Gasteiger partial charge in [-0.15, -0.1) is 0 Å². The van der Waals surface area contributed by atoms with Crippen LogP contribution in [0.1, 0.15) is 35.5 Å². The number of aromatic nitrogens is 2. The number of carbonyl (C=O) groups excluding carboxylic acids is 1. The predicted octanol–water partition coefficient (Wildman–Crippen LogP) is 5.03. The standard InChI is InChI=1S/C23H22N2O3/c1-3-16-20-18(13-24-22(16)23(26)27-4-2)25-17-11-8-12-19(21(17)20)28-14-15-9-6-5-7-10-15/h5-13,25H,3-4,14H2,1-2H3. The van der Waals surface area contributed by atoms with E-state index in [1.807, 2.05) is 55.5 Å². The van der Waals surface area contributed by atoms with Crippen molar-refractivity contribution in [2.75, 3.05) is 6.61 Å². The summed E-state index contributed by atoms with van der Waals surface area (Å²) in [5, 5.41) is 1.94. The maximum atomic E-state index is 12.4. The van der Waals surface area contributed by atoms with Gasteiger partial charge in [-0.05, 0) is 36.6 Å². The Balaban J connectivity index is 1.86. The van der Waals surface area contributed by atoms with Gasteiger partial charge in [0, 0.05) is 10.8 Å². The van der Waals surface area contributed by atoms with Crippen molar-refractivity contribution >= 4 is 27.8 Å². The van der Waals surface area contributed by atoms with E-state index >= 15 is 0 Å². The van der Waals surface area contributed by atoms with Crippen LogP contribution in [0, 0.1) is 0 Å². The second-order valence-corrected chi connectivity index (χ2v) is 6.53. The van der Waals surface area contributed by atoms with E-state index in [9.17, 15) is 4.79 Å². The first-order valence-corrected chi connectivity index (χ1v) is 9.49. The van der Waals surface area contributed by atoms with Crippen molar-refractivity contribution in [3.8, 4) is 5.75 Å². The van der Waals surface area contributed by atoms with E-state index in [2.05, 4.69) is 9.97 Å². The number of aromatic amines is 1. The fraction of sp³-hybridized carbons (Fsp3) is 0.217. The number of esters is 1. The highest BCUT2D eigenvalue weighted by Crippen LogP contribution is 2.36. The quantitative estimate of drug-likeness (QED) is 0.481. The van der Waals surface area contributed by atoms with Gasteiger partial charge in [-0.25, -0.2) is 9.78 Å². The Morgan fingerprint density at radius 3 is 2.57 bits per heavy atom. The van der Waals surface area contributed by atoms with Crippen LogP contribution in [0.5, 0.6) is 5.75 Å². The van der Waals surface area contributed by atoms with Crippen molar-refractivity contribution in [3.63, 3.8) is 0 Å². The van der Waals surface area contributed by atoms with E-state index in [4.69, 9.17) is 9.47 Å². The normalized spacial score (nSPS) is 11.1. The van der Waals surface area contributed by atoms with E-state index in [0.29, 0.717) is 25.3 Å². The van der Waals surface area contributed by atoms with Crippen LogP contribution < -0.4 is 4.74 Å². The number of hydrogen-bond donors (Lipinski definition) is 1. The number of rotatable bonds is 6. The molecule has 2 aromatic carbocycles. The second-order valence-electron chi connectivity index (χ2n) is 6.53. The minimum Gasteiger partial charge on any atom is -0.488 e. The summed E-state index contributed by atoms with van der Waals surface area (Å²) in [5.74, 6) is 0.390. The van der Waals surface area contributed by atoms with E-state index < -0.39 is 5.97 Å². The van der Waals surface area contributed by atoms with Crippen molar-refractivity contribution in [3.05, 3.63) is 71.5 Å². The molecule has 0 atom stereocenters. The number of hydrogen-bond acceptors (Lipinski definition) is 4. The Labute approximate surface area is 163 Å². The Kier molecular flexibility index (Phi) is 4.98. The molecule has 0 amide bonds. The first-order valence-electron chi connectivity index (χ1n) is 9.49. The van der Waals surface area contributed by atoms with Crippen LogP contribution in [0.3, 0.4) is 0 Å². The lowest BCUT2D eigenvalue weighted by Crippen LogP contribution is -2.10. The number of H-pyrrole nitrogens is 1. The molecule has 5 nitrogen and oxygen atoms in total. The highest BCUT2D eigenvalue weighted by Gasteiger charge is 2.20. The lowest BCUT2D eigenvalue weighted by Gasteiger charge is -2.11. The smallest absolute Gasteiger partial charge is 0.357 e. The zero-order valence-electron chi connectivity index (χ0n) is 16.0. The molecular weight excluding hydrogens is 352 g/mol. The van der Waals surface area contributed by atoms with Crippen LogP contribution in [0.15, 0.2) is 54.7 Å². The third-order valence-corrected chi connectivity index (χ3v) is 4.78. The van der Waals surface area contributed by atoms with E-state index in [1.165, 1.54) is 0 Å². The number of nitrogens with one attached hydrogen (secondary N) is 1. The zero-order valence-corrected chi connectivity index (χ0v) is 16.0. The van der Waals surface area contributed by atoms with Gasteiger partial charge in [-0.1, -0.05) is 43.3 Å². The average molecular weight is 374 g/mol. The lowest BCUT2D eigenvalue weighted by molar-refractivity contribution is 0.0518. The van der Waals surface area contributed by atoms with Gasteiger partial charge in [0.25, 0.3) is 0 Å². The Morgan fingerprint density at radius 2 is 1.82 bits per heavy atom. The lowest BCUT2D eigenvalue weighted by atomic mass is 10.0. The summed E-state index contributed by atoms with van der Waals surface area (Å²) >= 11 is 0. The van der Waals surface area contributed by atoms with E-state index in [1.54, 1.807) is 13.1 Å². The Bertz CT molecular complexity index is 1130. The topological polar surface area (TPSA) is 64.2 Å². The number of ether oxygens (including phenoxy) is 2. The number of aryl methyl sites for hydroxylation is 1. The molecule has 0 saturated carbocycles. The second kappa shape index (κ2) is 7.72. The van der Waals surface area contributed by atoms with E-state index in [0.717, 1.165) is 38.7 Å². The maximum Gasteiger partial charge on any atom is 0.357 e. The molecule has 2 aromatic heterocycles. The fourth-order valence-corrected chi connectivity index (χ4v) is 3.55. The number of fused-ring (bicyclic) bond motifs is 3. The van der Waals surface area contributed by atoms with Crippen LogP contribution in [0.25, 0.3) is 21.8 Å². The SMILES string of the molecule is CCOC(=O)c1ncc2[nH]c3cccc(OCc4ccccc4)c3c2c1CC. The average Bonchev–Trinajstić information content (AvgIpc) is 3.11. The van der Waals surface area contributed by atoms with Crippen molar-refractivity contribution in [1.29, 1.82) is 0 Å². The van der Waals surface area contributed by atoms with Crippen molar-refractivity contribution in [1.82, 2.24) is 9.97 Å². The molecule has 0 spiro atoms. The predicted molar refractivity (Wildman–Crippen MR) is 110 cm³/mol. The molecule has 0 saturated heterocycles. The Hall–Kier alpha value is -3.34. The highest BCUT2D eigenvalue weighted by atomic mass is 16.5. The highest BCUT2D eigenvalue weighted by molar-refractivity contribution is 6.13. The van der Waals surface area contributed by atoms with Gasteiger partial charge >= 0.3 is 5.97 Å². The minimum atomic E-state index is -0.390. The molecule has 0 bridgehead atoms. The summed E-state index contributed by atoms with van der Waals surface area (Å²) in [6, 6.07) is 16.0. The fourth-order valence-electron chi connectivity index (χ4n) is 3.55. The molecule has 5 heteroatoms. The van der Waals surface area contributed by atoms with E-state index in [-0.39, 0.29) is 0 Å². The molecule has 2 heterocycles. The first kappa shape index (κ1) is 18.0. The molecule has 0 aliphatic heterocycles. The number of nitrogens with zero attached hydrogens (tertiary/aromatic N) is 1. The van der Waals surface area contributed by atoms with Crippen LogP contribution >= 0.6 is 0 Å². The molecule has 0 aliphatic carbocycles. The van der Waals surface area contributed by atoms with Gasteiger partial charge in [0.15, 0.2) is 5.69 Å². The van der Waals surface area contributed by atoms with Crippen molar-refractivity contribution < 1.29 is 14.3 Å². The minimum absolute atomic E-state index is 0.320. The molecule has 0 aliphatic rings. The Morgan fingerprint density at radius 1 is 1.00 bits per heavy atom. The van der Waals surface area contributed by atoms with Gasteiger partial charge in [0.05, 0.1) is 23.8 Å². The number of carbonyl (C=O) groups is 1. The first-order chi connectivity index (χ1) is 13.7. The van der Waals surface area contributed by atoms with Gasteiger partial charge in [0.2, 0.25) is 0 Å². The van der Waals surface area contributed by atoms with Crippen molar-refractivity contribution in [2.45, 2.75) is 26.9 Å². The number of pyridine rings is 1. The summed E-state index contributed by atoms with van der Waals surface area (Å²) in [4.78, 5) is 20.2. The molecule has 0 radical (unpaired) electrons. The molecule has 28 heavy (non-hydrogen) atoms.